The quantitative estimate of drug-likeness (QED) is 0.250. The van der Waals surface area contributed by atoms with Gasteiger partial charge in [0.2, 0.25) is 0 Å². The Morgan fingerprint density at radius 2 is 2.07 bits per heavy atom. The van der Waals surface area contributed by atoms with E-state index in [4.69, 9.17) is 9.12 Å². The van der Waals surface area contributed by atoms with E-state index in [-0.39, 0.29) is 24.0 Å². The summed E-state index contributed by atoms with van der Waals surface area (Å²) in [7, 11) is 0. The number of fused-ring (bicyclic) bond motifs is 2. The zero-order chi connectivity index (χ0) is 18.8. The monoisotopic (exact) mass is 400 g/mol. The Bertz CT molecular complexity index is 563. The molecule has 10 nitrogen and oxygen atoms in total. The molecule has 4 fully saturated rings. The molecule has 2 unspecified atom stereocenters. The number of hydrogen-bond donors (Lipinski definition) is 4. The lowest BCUT2D eigenvalue weighted by Crippen LogP contribution is -2.50. The lowest BCUT2D eigenvalue weighted by Gasteiger charge is -2.32. The molecule has 4 atom stereocenters. The van der Waals surface area contributed by atoms with Crippen LogP contribution in [0.2, 0.25) is 0 Å². The van der Waals surface area contributed by atoms with E-state index < -0.39 is 6.04 Å². The molecular formula is C16H28N6O4S. The van der Waals surface area contributed by atoms with Crippen molar-refractivity contribution in [1.29, 1.82) is 0 Å². The summed E-state index contributed by atoms with van der Waals surface area (Å²) in [5.74, 6) is -0.278. The zero-order valence-electron chi connectivity index (χ0n) is 15.3. The SMILES string of the molecule is O=C(NOC[C@@H]1C[C@@H](N2CCNCC2)CN1)C1CCC2CN1C(=O)N2OS. The van der Waals surface area contributed by atoms with Crippen molar-refractivity contribution >= 4 is 24.8 Å². The number of hydroxylamine groups is 3. The molecule has 0 saturated carbocycles. The number of nitrogens with one attached hydrogen (secondary N) is 3. The van der Waals surface area contributed by atoms with Gasteiger partial charge in [-0.05, 0) is 19.3 Å². The van der Waals surface area contributed by atoms with E-state index in [1.165, 1.54) is 9.96 Å². The highest BCUT2D eigenvalue weighted by Crippen LogP contribution is 2.30. The normalized spacial score (nSPS) is 34.3. The molecule has 4 aliphatic rings. The molecule has 0 aromatic carbocycles. The van der Waals surface area contributed by atoms with Gasteiger partial charge in [-0.15, -0.1) is 0 Å². The Balaban J connectivity index is 1.20. The maximum Gasteiger partial charge on any atom is 0.345 e. The van der Waals surface area contributed by atoms with Gasteiger partial charge in [0, 0.05) is 64.3 Å². The molecule has 27 heavy (non-hydrogen) atoms. The highest BCUT2D eigenvalue weighted by Gasteiger charge is 2.48. The van der Waals surface area contributed by atoms with Crippen LogP contribution in [0.3, 0.4) is 0 Å². The van der Waals surface area contributed by atoms with Gasteiger partial charge in [0.1, 0.15) is 6.04 Å². The fraction of sp³-hybridized carbons (Fsp3) is 0.875. The molecule has 4 aliphatic heterocycles. The first-order chi connectivity index (χ1) is 13.2. The molecule has 3 N–H and O–H groups in total. The van der Waals surface area contributed by atoms with Crippen molar-refractivity contribution in [2.24, 2.45) is 0 Å². The zero-order valence-corrected chi connectivity index (χ0v) is 16.2. The summed E-state index contributed by atoms with van der Waals surface area (Å²) < 4.78 is 4.83. The molecule has 0 radical (unpaired) electrons. The van der Waals surface area contributed by atoms with Crippen molar-refractivity contribution in [2.75, 3.05) is 45.9 Å². The summed E-state index contributed by atoms with van der Waals surface area (Å²) in [5.41, 5.74) is 2.54. The average Bonchev–Trinajstić information content (AvgIpc) is 3.26. The Hall–Kier alpha value is -1.11. The molecule has 152 valence electrons. The number of thiol groups is 1. The smallest absolute Gasteiger partial charge is 0.314 e. The van der Waals surface area contributed by atoms with E-state index >= 15 is 0 Å². The molecule has 4 heterocycles. The molecule has 0 aromatic rings. The Kier molecular flexibility index (Phi) is 6.05. The van der Waals surface area contributed by atoms with Crippen LogP contribution in [-0.4, -0.2) is 96.8 Å². The van der Waals surface area contributed by atoms with Crippen LogP contribution in [0.25, 0.3) is 0 Å². The first kappa shape index (κ1) is 19.2. The van der Waals surface area contributed by atoms with Crippen molar-refractivity contribution in [3.8, 4) is 0 Å². The average molecular weight is 401 g/mol. The van der Waals surface area contributed by atoms with E-state index in [1.54, 1.807) is 0 Å². The third-order valence-electron chi connectivity index (χ3n) is 6.04. The maximum atomic E-state index is 12.5. The Morgan fingerprint density at radius 3 is 2.85 bits per heavy atom. The van der Waals surface area contributed by atoms with Crippen molar-refractivity contribution in [3.63, 3.8) is 0 Å². The number of nitrogens with zero attached hydrogens (tertiary/aromatic N) is 3. The summed E-state index contributed by atoms with van der Waals surface area (Å²) in [6, 6.07) is -0.121. The van der Waals surface area contributed by atoms with Crippen molar-refractivity contribution in [1.82, 2.24) is 31.0 Å². The topological polar surface area (TPSA) is 98.4 Å². The summed E-state index contributed by atoms with van der Waals surface area (Å²) in [4.78, 5) is 34.2. The molecule has 2 bridgehead atoms. The molecule has 3 amide bonds. The van der Waals surface area contributed by atoms with Gasteiger partial charge in [-0.2, -0.15) is 5.06 Å². The molecular weight excluding hydrogens is 372 g/mol. The van der Waals surface area contributed by atoms with Crippen LogP contribution in [0.5, 0.6) is 0 Å². The minimum atomic E-state index is -0.521. The number of amides is 3. The van der Waals surface area contributed by atoms with Gasteiger partial charge in [0.15, 0.2) is 0 Å². The lowest BCUT2D eigenvalue weighted by atomic mass is 10.0. The standard InChI is InChI=1S/C16H28N6O4S/c23-15(14-2-1-12-9-21(14)16(24)22(12)26-27)19-25-10-11-7-13(8-18-11)20-5-3-17-4-6-20/h11-14,17-18,27H,1-10H2,(H,19,23)/t11-,12?,13+,14?/m0/s1. The molecule has 4 rings (SSSR count). The number of rotatable bonds is 6. The highest BCUT2D eigenvalue weighted by molar-refractivity contribution is 7.75. The largest absolute Gasteiger partial charge is 0.345 e. The molecule has 0 aliphatic carbocycles. The number of carbonyl (C=O) groups excluding carboxylic acids is 2. The van der Waals surface area contributed by atoms with Crippen molar-refractivity contribution in [2.45, 2.75) is 43.4 Å². The van der Waals surface area contributed by atoms with E-state index in [9.17, 15) is 9.59 Å². The summed E-state index contributed by atoms with van der Waals surface area (Å²) >= 11 is 3.73. The van der Waals surface area contributed by atoms with Gasteiger partial charge in [0.25, 0.3) is 5.91 Å². The first-order valence-corrected chi connectivity index (χ1v) is 10.0. The van der Waals surface area contributed by atoms with Gasteiger partial charge < -0.3 is 15.5 Å². The van der Waals surface area contributed by atoms with Gasteiger partial charge in [0.05, 0.1) is 12.6 Å². The van der Waals surface area contributed by atoms with Gasteiger partial charge in [-0.25, -0.2) is 14.6 Å². The minimum Gasteiger partial charge on any atom is -0.314 e. The second-order valence-corrected chi connectivity index (χ2v) is 7.81. The van der Waals surface area contributed by atoms with Crippen molar-refractivity contribution in [3.05, 3.63) is 0 Å². The predicted octanol–water partition coefficient (Wildman–Crippen LogP) is -1.29. The van der Waals surface area contributed by atoms with Crippen LogP contribution in [0.15, 0.2) is 0 Å². The third-order valence-corrected chi connectivity index (χ3v) is 6.21. The minimum absolute atomic E-state index is 0.0374. The molecule has 0 aromatic heterocycles. The van der Waals surface area contributed by atoms with Gasteiger partial charge >= 0.3 is 6.03 Å². The fourth-order valence-electron chi connectivity index (χ4n) is 4.54. The summed E-state index contributed by atoms with van der Waals surface area (Å²) in [6.45, 7) is 6.10. The Labute approximate surface area is 164 Å². The lowest BCUT2D eigenvalue weighted by molar-refractivity contribution is -0.139. The van der Waals surface area contributed by atoms with Gasteiger partial charge in [-0.3, -0.25) is 14.5 Å². The van der Waals surface area contributed by atoms with Crippen LogP contribution in [0.1, 0.15) is 19.3 Å². The maximum absolute atomic E-state index is 12.5. The van der Waals surface area contributed by atoms with E-state index in [2.05, 4.69) is 33.9 Å². The van der Waals surface area contributed by atoms with E-state index in [0.717, 1.165) is 39.1 Å². The molecule has 0 spiro atoms. The van der Waals surface area contributed by atoms with E-state index in [1.807, 2.05) is 0 Å². The van der Waals surface area contributed by atoms with Gasteiger partial charge in [-0.1, -0.05) is 0 Å². The number of hydrogen-bond acceptors (Lipinski definition) is 8. The predicted molar refractivity (Wildman–Crippen MR) is 99.6 cm³/mol. The Morgan fingerprint density at radius 1 is 1.26 bits per heavy atom. The number of piperidine rings is 1. The van der Waals surface area contributed by atoms with Crippen molar-refractivity contribution < 1.29 is 18.7 Å². The number of piperazine rings is 1. The second kappa shape index (κ2) is 8.50. The third kappa shape index (κ3) is 4.03. The van der Waals surface area contributed by atoms with Crippen LogP contribution in [0.4, 0.5) is 4.79 Å². The fourth-order valence-corrected chi connectivity index (χ4v) is 4.75. The van der Waals surface area contributed by atoms with Crippen LogP contribution < -0.4 is 16.1 Å². The van der Waals surface area contributed by atoms with Crippen LogP contribution >= 0.6 is 12.9 Å². The summed E-state index contributed by atoms with van der Waals surface area (Å²) in [6.07, 6.45) is 2.31. The second-order valence-electron chi connectivity index (χ2n) is 7.65. The van der Waals surface area contributed by atoms with Crippen LogP contribution in [-0.2, 0) is 13.9 Å². The first-order valence-electron chi connectivity index (χ1n) is 9.68. The summed E-state index contributed by atoms with van der Waals surface area (Å²) in [5, 5.41) is 8.07. The highest BCUT2D eigenvalue weighted by atomic mass is 32.1. The van der Waals surface area contributed by atoms with E-state index in [0.29, 0.717) is 32.0 Å². The number of urea groups is 1. The molecule has 11 heteroatoms. The molecule has 4 saturated heterocycles. The van der Waals surface area contributed by atoms with Crippen LogP contribution in [0, 0.1) is 0 Å². The number of carbonyl (C=O) groups is 2.